The van der Waals surface area contributed by atoms with Crippen molar-refractivity contribution in [1.29, 1.82) is 0 Å². The molecule has 84 valence electrons. The molecule has 0 unspecified atom stereocenters. The van der Waals surface area contributed by atoms with Crippen molar-refractivity contribution in [3.63, 3.8) is 0 Å². The van der Waals surface area contributed by atoms with Crippen LogP contribution in [0.25, 0.3) is 0 Å². The van der Waals surface area contributed by atoms with Gasteiger partial charge in [-0.15, -0.1) is 0 Å². The number of halogens is 2. The summed E-state index contributed by atoms with van der Waals surface area (Å²) in [7, 11) is -0.878. The van der Waals surface area contributed by atoms with Gasteiger partial charge < -0.3 is 5.11 Å². The summed E-state index contributed by atoms with van der Waals surface area (Å²) in [6.45, 7) is 0. The van der Waals surface area contributed by atoms with E-state index in [1.165, 1.54) is 26.2 Å². The smallest absolute Gasteiger partial charge is 0.244 e. The first-order valence-corrected chi connectivity index (χ1v) is 6.07. The van der Waals surface area contributed by atoms with Gasteiger partial charge >= 0.3 is 0 Å². The van der Waals surface area contributed by atoms with E-state index in [4.69, 9.17) is 23.2 Å². The summed E-state index contributed by atoms with van der Waals surface area (Å²) in [5, 5.41) is 8.86. The van der Waals surface area contributed by atoms with E-state index in [0.29, 0.717) is 0 Å². The third-order valence-corrected chi connectivity index (χ3v) is 4.63. The van der Waals surface area contributed by atoms with Crippen molar-refractivity contribution in [1.82, 2.24) is 4.31 Å². The summed E-state index contributed by atoms with van der Waals surface area (Å²) >= 11 is 11.4. The van der Waals surface area contributed by atoms with Gasteiger partial charge in [-0.2, -0.15) is 0 Å². The van der Waals surface area contributed by atoms with Gasteiger partial charge in [0.25, 0.3) is 0 Å². The minimum Gasteiger partial charge on any atom is -0.506 e. The Balaban J connectivity index is 3.48. The number of benzene rings is 1. The Labute approximate surface area is 98.1 Å². The second-order valence-electron chi connectivity index (χ2n) is 3.00. The highest BCUT2D eigenvalue weighted by atomic mass is 35.5. The number of phenolic OH excluding ortho intramolecular Hbond substituents is 1. The lowest BCUT2D eigenvalue weighted by Gasteiger charge is -2.13. The van der Waals surface area contributed by atoms with Gasteiger partial charge in [0.05, 0.1) is 5.02 Å². The van der Waals surface area contributed by atoms with Crippen molar-refractivity contribution in [2.45, 2.75) is 4.90 Å². The lowest BCUT2D eigenvalue weighted by atomic mass is 10.3. The van der Waals surface area contributed by atoms with Crippen LogP contribution in [0, 0.1) is 0 Å². The van der Waals surface area contributed by atoms with Crippen molar-refractivity contribution in [3.05, 3.63) is 22.2 Å². The maximum Gasteiger partial charge on any atom is 0.244 e. The fourth-order valence-corrected chi connectivity index (χ4v) is 2.55. The highest BCUT2D eigenvalue weighted by Crippen LogP contribution is 2.36. The minimum atomic E-state index is -3.64. The average molecular weight is 270 g/mol. The Morgan fingerprint density at radius 3 is 2.20 bits per heavy atom. The fraction of sp³-hybridized carbons (Fsp3) is 0.250. The first-order valence-electron chi connectivity index (χ1n) is 3.88. The van der Waals surface area contributed by atoms with Crippen LogP contribution in [-0.2, 0) is 10.0 Å². The third kappa shape index (κ3) is 2.20. The maximum atomic E-state index is 11.7. The van der Waals surface area contributed by atoms with Gasteiger partial charge in [-0.1, -0.05) is 23.2 Å². The topological polar surface area (TPSA) is 57.6 Å². The molecule has 0 aromatic heterocycles. The van der Waals surface area contributed by atoms with E-state index in [9.17, 15) is 13.5 Å². The van der Waals surface area contributed by atoms with Crippen LogP contribution in [0.3, 0.4) is 0 Å². The second kappa shape index (κ2) is 4.17. The largest absolute Gasteiger partial charge is 0.506 e. The van der Waals surface area contributed by atoms with Crippen LogP contribution in [-0.4, -0.2) is 31.9 Å². The standard InChI is InChI=1S/C8H9Cl2NO3S/c1-11(2)15(13,14)6-4-3-5(12)7(9)8(6)10/h3-4,12H,1-2H3. The normalized spacial score (nSPS) is 12.1. The first-order chi connectivity index (χ1) is 6.78. The third-order valence-electron chi connectivity index (χ3n) is 1.79. The zero-order valence-electron chi connectivity index (χ0n) is 8.03. The molecule has 0 aliphatic carbocycles. The Morgan fingerprint density at radius 1 is 1.20 bits per heavy atom. The van der Waals surface area contributed by atoms with Crippen LogP contribution in [0.2, 0.25) is 10.0 Å². The number of rotatable bonds is 2. The number of hydrogen-bond donors (Lipinski definition) is 1. The van der Waals surface area contributed by atoms with Crippen LogP contribution in [0.1, 0.15) is 0 Å². The van der Waals surface area contributed by atoms with Crippen molar-refractivity contribution in [3.8, 4) is 5.75 Å². The summed E-state index contributed by atoms with van der Waals surface area (Å²) in [6, 6.07) is 2.39. The van der Waals surface area contributed by atoms with Crippen LogP contribution >= 0.6 is 23.2 Å². The molecule has 0 amide bonds. The first kappa shape index (κ1) is 12.6. The van der Waals surface area contributed by atoms with E-state index < -0.39 is 10.0 Å². The van der Waals surface area contributed by atoms with Gasteiger partial charge in [0.15, 0.2) is 0 Å². The van der Waals surface area contributed by atoms with Gasteiger partial charge in [0, 0.05) is 14.1 Å². The summed E-state index contributed by atoms with van der Waals surface area (Å²) in [4.78, 5) is -0.128. The van der Waals surface area contributed by atoms with Crippen LogP contribution < -0.4 is 0 Å². The zero-order chi connectivity index (χ0) is 11.8. The van der Waals surface area contributed by atoms with Crippen molar-refractivity contribution in [2.75, 3.05) is 14.1 Å². The van der Waals surface area contributed by atoms with Gasteiger partial charge in [-0.25, -0.2) is 12.7 Å². The SMILES string of the molecule is CN(C)S(=O)(=O)c1ccc(O)c(Cl)c1Cl. The number of nitrogens with zero attached hydrogens (tertiary/aromatic N) is 1. The molecule has 0 fully saturated rings. The summed E-state index contributed by atoms with van der Waals surface area (Å²) in [5.74, 6) is -0.251. The molecule has 1 rings (SSSR count). The fourth-order valence-electron chi connectivity index (χ4n) is 0.917. The molecule has 1 aromatic rings. The minimum absolute atomic E-state index is 0.128. The van der Waals surface area contributed by atoms with E-state index >= 15 is 0 Å². The quantitative estimate of drug-likeness (QED) is 0.893. The molecule has 4 nitrogen and oxygen atoms in total. The average Bonchev–Trinajstić information content (AvgIpc) is 2.13. The Morgan fingerprint density at radius 2 is 1.73 bits per heavy atom. The molecule has 0 radical (unpaired) electrons. The molecule has 0 heterocycles. The molecule has 0 aliphatic heterocycles. The Hall–Kier alpha value is -0.490. The second-order valence-corrected chi connectivity index (χ2v) is 5.87. The van der Waals surface area contributed by atoms with E-state index in [-0.39, 0.29) is 20.7 Å². The highest BCUT2D eigenvalue weighted by molar-refractivity contribution is 7.89. The van der Waals surface area contributed by atoms with Gasteiger partial charge in [-0.05, 0) is 12.1 Å². The van der Waals surface area contributed by atoms with Gasteiger partial charge in [0.1, 0.15) is 15.7 Å². The predicted octanol–water partition coefficient (Wildman–Crippen LogP) is 1.95. The highest BCUT2D eigenvalue weighted by Gasteiger charge is 2.23. The van der Waals surface area contributed by atoms with Crippen molar-refractivity contribution >= 4 is 33.2 Å². The number of hydrogen-bond acceptors (Lipinski definition) is 3. The molecule has 1 aromatic carbocycles. The maximum absolute atomic E-state index is 11.7. The number of sulfonamides is 1. The Kier molecular flexibility index (Phi) is 3.50. The molecule has 0 aliphatic rings. The van der Waals surface area contributed by atoms with E-state index in [0.717, 1.165) is 4.31 Å². The van der Waals surface area contributed by atoms with Gasteiger partial charge in [-0.3, -0.25) is 0 Å². The van der Waals surface area contributed by atoms with E-state index in [1.54, 1.807) is 0 Å². The molecular weight excluding hydrogens is 261 g/mol. The lowest BCUT2D eigenvalue weighted by Crippen LogP contribution is -2.22. The molecule has 0 saturated heterocycles. The number of phenols is 1. The Bertz CT molecular complexity index is 485. The van der Waals surface area contributed by atoms with Crippen molar-refractivity contribution < 1.29 is 13.5 Å². The monoisotopic (exact) mass is 269 g/mol. The molecule has 1 N–H and O–H groups in total. The van der Waals surface area contributed by atoms with Crippen molar-refractivity contribution in [2.24, 2.45) is 0 Å². The van der Waals surface area contributed by atoms with Crippen LogP contribution in [0.15, 0.2) is 17.0 Å². The summed E-state index contributed by atoms with van der Waals surface area (Å²) < 4.78 is 24.5. The zero-order valence-corrected chi connectivity index (χ0v) is 10.4. The molecular formula is C8H9Cl2NO3S. The molecule has 0 saturated carbocycles. The molecule has 15 heavy (non-hydrogen) atoms. The summed E-state index contributed by atoms with van der Waals surface area (Å²) in [5.41, 5.74) is 0. The van der Waals surface area contributed by atoms with E-state index in [1.807, 2.05) is 0 Å². The molecule has 0 spiro atoms. The summed E-state index contributed by atoms with van der Waals surface area (Å²) in [6.07, 6.45) is 0. The number of aromatic hydroxyl groups is 1. The molecule has 0 bridgehead atoms. The van der Waals surface area contributed by atoms with Crippen LogP contribution in [0.4, 0.5) is 0 Å². The lowest BCUT2D eigenvalue weighted by molar-refractivity contribution is 0.474. The predicted molar refractivity (Wildman–Crippen MR) is 59.0 cm³/mol. The molecule has 7 heteroatoms. The van der Waals surface area contributed by atoms with Gasteiger partial charge in [0.2, 0.25) is 10.0 Å². The van der Waals surface area contributed by atoms with Crippen LogP contribution in [0.5, 0.6) is 5.75 Å². The van der Waals surface area contributed by atoms with E-state index in [2.05, 4.69) is 0 Å². The molecule has 0 atom stereocenters.